The maximum absolute atomic E-state index is 12.2. The molecule has 0 unspecified atom stereocenters. The maximum atomic E-state index is 12.2. The maximum Gasteiger partial charge on any atom is 0.264 e. The van der Waals surface area contributed by atoms with Crippen LogP contribution < -0.4 is 9.47 Å². The summed E-state index contributed by atoms with van der Waals surface area (Å²) in [6.07, 6.45) is 3.75. The zero-order chi connectivity index (χ0) is 22.1. The summed E-state index contributed by atoms with van der Waals surface area (Å²) in [5, 5.41) is 18.6. The molecule has 0 aromatic heterocycles. The minimum Gasteiger partial charge on any atom is -0.493 e. The van der Waals surface area contributed by atoms with Crippen LogP contribution in [0.2, 0.25) is 0 Å². The fourth-order valence-electron chi connectivity index (χ4n) is 2.84. The summed E-state index contributed by atoms with van der Waals surface area (Å²) >= 11 is 0. The van der Waals surface area contributed by atoms with Gasteiger partial charge >= 0.3 is 0 Å². The topological polar surface area (TPSA) is 86.3 Å². The zero-order valence-electron chi connectivity index (χ0n) is 17.3. The van der Waals surface area contributed by atoms with Gasteiger partial charge in [0.1, 0.15) is 18.2 Å². The first-order valence-electron chi connectivity index (χ1n) is 9.21. The Hall–Kier alpha value is -4.03. The standard InChI is InChI=1S/C24H23N3O3/c1-5-8-18-11-17(12-21(15-26)24(28)27(2)3)13-22(29-4)23(18)30-16-20-10-7-6-9-19(20)14-25/h5-7,9-13H,1,8,16H2,2-4H3/b21-12-. The van der Waals surface area contributed by atoms with Crippen molar-refractivity contribution in [3.05, 3.63) is 76.9 Å². The van der Waals surface area contributed by atoms with E-state index in [1.165, 1.54) is 18.1 Å². The average molecular weight is 401 g/mol. The van der Waals surface area contributed by atoms with E-state index in [4.69, 9.17) is 9.47 Å². The van der Waals surface area contributed by atoms with E-state index in [0.717, 1.165) is 11.1 Å². The van der Waals surface area contributed by atoms with E-state index >= 15 is 0 Å². The number of nitriles is 2. The summed E-state index contributed by atoms with van der Waals surface area (Å²) in [4.78, 5) is 13.5. The second kappa shape index (κ2) is 10.5. The van der Waals surface area contributed by atoms with Gasteiger partial charge in [0.2, 0.25) is 0 Å². The predicted octanol–water partition coefficient (Wildman–Crippen LogP) is 3.87. The highest BCUT2D eigenvalue weighted by atomic mass is 16.5. The smallest absolute Gasteiger partial charge is 0.264 e. The Labute approximate surface area is 176 Å². The number of hydrogen-bond acceptors (Lipinski definition) is 5. The Morgan fingerprint density at radius 1 is 1.20 bits per heavy atom. The highest BCUT2D eigenvalue weighted by Crippen LogP contribution is 2.35. The van der Waals surface area contributed by atoms with E-state index in [1.807, 2.05) is 24.3 Å². The van der Waals surface area contributed by atoms with E-state index < -0.39 is 0 Å². The van der Waals surface area contributed by atoms with E-state index in [0.29, 0.717) is 29.0 Å². The van der Waals surface area contributed by atoms with Gasteiger partial charge in [-0.15, -0.1) is 6.58 Å². The highest BCUT2D eigenvalue weighted by Gasteiger charge is 2.16. The minimum atomic E-state index is -0.379. The Morgan fingerprint density at radius 3 is 2.53 bits per heavy atom. The largest absolute Gasteiger partial charge is 0.493 e. The van der Waals surface area contributed by atoms with Crippen LogP contribution in [0, 0.1) is 22.7 Å². The van der Waals surface area contributed by atoms with Gasteiger partial charge in [-0.2, -0.15) is 10.5 Å². The van der Waals surface area contributed by atoms with Crippen molar-refractivity contribution in [2.45, 2.75) is 13.0 Å². The lowest BCUT2D eigenvalue weighted by atomic mass is 10.0. The fraction of sp³-hybridized carbons (Fsp3) is 0.208. The molecule has 0 N–H and O–H groups in total. The van der Waals surface area contributed by atoms with Crippen molar-refractivity contribution in [3.8, 4) is 23.6 Å². The summed E-state index contributed by atoms with van der Waals surface area (Å²) in [7, 11) is 4.70. The highest BCUT2D eigenvalue weighted by molar-refractivity contribution is 6.01. The quantitative estimate of drug-likeness (QED) is 0.381. The van der Waals surface area contributed by atoms with Gasteiger partial charge in [-0.25, -0.2) is 0 Å². The average Bonchev–Trinajstić information content (AvgIpc) is 2.76. The van der Waals surface area contributed by atoms with Crippen LogP contribution in [-0.4, -0.2) is 32.0 Å². The zero-order valence-corrected chi connectivity index (χ0v) is 17.3. The van der Waals surface area contributed by atoms with Crippen molar-refractivity contribution in [2.75, 3.05) is 21.2 Å². The summed E-state index contributed by atoms with van der Waals surface area (Å²) in [6.45, 7) is 3.98. The summed E-state index contributed by atoms with van der Waals surface area (Å²) in [5.74, 6) is 0.611. The fourth-order valence-corrected chi connectivity index (χ4v) is 2.84. The predicted molar refractivity (Wildman–Crippen MR) is 115 cm³/mol. The number of methoxy groups -OCH3 is 1. The number of allylic oxidation sites excluding steroid dienone is 1. The van der Waals surface area contributed by atoms with Crippen LogP contribution >= 0.6 is 0 Å². The van der Waals surface area contributed by atoms with Crippen LogP contribution in [0.5, 0.6) is 11.5 Å². The van der Waals surface area contributed by atoms with Gasteiger partial charge in [-0.05, 0) is 36.3 Å². The Kier molecular flexibility index (Phi) is 7.79. The van der Waals surface area contributed by atoms with Gasteiger partial charge < -0.3 is 14.4 Å². The molecule has 0 bridgehead atoms. The van der Waals surface area contributed by atoms with E-state index in [-0.39, 0.29) is 18.1 Å². The van der Waals surface area contributed by atoms with Crippen LogP contribution in [0.4, 0.5) is 0 Å². The molecule has 6 heteroatoms. The lowest BCUT2D eigenvalue weighted by Gasteiger charge is -2.16. The first-order valence-corrected chi connectivity index (χ1v) is 9.21. The third-order valence-corrected chi connectivity index (χ3v) is 4.32. The first kappa shape index (κ1) is 22.3. The van der Waals surface area contributed by atoms with Gasteiger partial charge in [0, 0.05) is 25.2 Å². The third kappa shape index (κ3) is 5.27. The van der Waals surface area contributed by atoms with E-state index in [1.54, 1.807) is 38.4 Å². The van der Waals surface area contributed by atoms with Crippen molar-refractivity contribution in [2.24, 2.45) is 0 Å². The number of rotatable bonds is 8. The van der Waals surface area contributed by atoms with Gasteiger partial charge in [-0.1, -0.05) is 24.3 Å². The number of nitrogens with zero attached hydrogens (tertiary/aromatic N) is 3. The Bertz CT molecular complexity index is 1060. The van der Waals surface area contributed by atoms with Crippen LogP contribution in [0.1, 0.15) is 22.3 Å². The molecule has 0 heterocycles. The van der Waals surface area contributed by atoms with Crippen molar-refractivity contribution in [1.82, 2.24) is 4.90 Å². The number of ether oxygens (including phenoxy) is 2. The molecule has 2 rings (SSSR count). The molecular formula is C24H23N3O3. The lowest BCUT2D eigenvalue weighted by molar-refractivity contribution is -0.124. The van der Waals surface area contributed by atoms with Crippen molar-refractivity contribution < 1.29 is 14.3 Å². The molecule has 0 aliphatic carbocycles. The monoisotopic (exact) mass is 401 g/mol. The van der Waals surface area contributed by atoms with Crippen molar-refractivity contribution in [3.63, 3.8) is 0 Å². The molecule has 0 saturated carbocycles. The second-order valence-electron chi connectivity index (χ2n) is 6.63. The summed E-state index contributed by atoms with van der Waals surface area (Å²) in [6, 6.07) is 14.9. The summed E-state index contributed by atoms with van der Waals surface area (Å²) in [5.41, 5.74) is 2.75. The van der Waals surface area contributed by atoms with Gasteiger partial charge in [0.15, 0.2) is 11.5 Å². The lowest BCUT2D eigenvalue weighted by Crippen LogP contribution is -2.22. The molecule has 0 atom stereocenters. The molecule has 0 spiro atoms. The van der Waals surface area contributed by atoms with Crippen LogP contribution in [0.15, 0.2) is 54.6 Å². The molecule has 0 aliphatic heterocycles. The van der Waals surface area contributed by atoms with E-state index in [9.17, 15) is 15.3 Å². The Balaban J connectivity index is 2.46. The molecular weight excluding hydrogens is 378 g/mol. The van der Waals surface area contributed by atoms with Gasteiger partial charge in [0.05, 0.1) is 18.7 Å². The SMILES string of the molecule is C=CCc1cc(/C=C(/C#N)C(=O)N(C)C)cc(OC)c1OCc1ccccc1C#N. The van der Waals surface area contributed by atoms with E-state index in [2.05, 4.69) is 12.6 Å². The molecule has 0 radical (unpaired) electrons. The van der Waals surface area contributed by atoms with Crippen molar-refractivity contribution >= 4 is 12.0 Å². The Morgan fingerprint density at radius 2 is 1.93 bits per heavy atom. The molecule has 6 nitrogen and oxygen atoms in total. The third-order valence-electron chi connectivity index (χ3n) is 4.32. The number of carbonyl (C=O) groups is 1. The number of carbonyl (C=O) groups excluding carboxylic acids is 1. The summed E-state index contributed by atoms with van der Waals surface area (Å²) < 4.78 is 11.5. The van der Waals surface area contributed by atoms with Gasteiger partial charge in [0.25, 0.3) is 5.91 Å². The minimum absolute atomic E-state index is 0.0169. The number of benzene rings is 2. The van der Waals surface area contributed by atoms with Crippen molar-refractivity contribution in [1.29, 1.82) is 10.5 Å². The molecule has 2 aromatic carbocycles. The van der Waals surface area contributed by atoms with Crippen LogP contribution in [0.25, 0.3) is 6.08 Å². The molecule has 2 aromatic rings. The molecule has 0 fully saturated rings. The number of hydrogen-bond donors (Lipinski definition) is 0. The number of likely N-dealkylation sites (N-methyl/N-ethyl adjacent to an activating group) is 1. The molecule has 0 saturated heterocycles. The van der Waals surface area contributed by atoms with Gasteiger partial charge in [-0.3, -0.25) is 4.79 Å². The molecule has 1 amide bonds. The number of amides is 1. The molecule has 152 valence electrons. The second-order valence-corrected chi connectivity index (χ2v) is 6.63. The van der Waals surface area contributed by atoms with Crippen LogP contribution in [0.3, 0.4) is 0 Å². The first-order chi connectivity index (χ1) is 14.4. The van der Waals surface area contributed by atoms with Crippen LogP contribution in [-0.2, 0) is 17.8 Å². The molecule has 0 aliphatic rings. The normalized spacial score (nSPS) is 10.5. The molecule has 30 heavy (non-hydrogen) atoms.